The van der Waals surface area contributed by atoms with Crippen LogP contribution in [0, 0.1) is 0 Å². The second-order valence-corrected chi connectivity index (χ2v) is 2.36. The third-order valence-electron chi connectivity index (χ3n) is 1.39. The van der Waals surface area contributed by atoms with Crippen molar-refractivity contribution < 1.29 is 4.52 Å². The lowest BCUT2D eigenvalue weighted by Crippen LogP contribution is -1.85. The zero-order chi connectivity index (χ0) is 8.55. The van der Waals surface area contributed by atoms with E-state index in [0.717, 1.165) is 5.56 Å². The molecule has 2 rings (SSSR count). The summed E-state index contributed by atoms with van der Waals surface area (Å²) in [7, 11) is 1.81. The third kappa shape index (κ3) is 1.03. The summed E-state index contributed by atoms with van der Waals surface area (Å²) in [4.78, 5) is 3.84. The fraction of sp³-hybridized carbons (Fsp3) is 0.167. The van der Waals surface area contributed by atoms with Gasteiger partial charge in [0.05, 0.1) is 11.8 Å². The lowest BCUT2D eigenvalue weighted by atomic mass is 10.4. The first-order valence-electron chi connectivity index (χ1n) is 3.34. The monoisotopic (exact) mass is 165 g/mol. The smallest absolute Gasteiger partial charge is 0.262 e. The van der Waals surface area contributed by atoms with Crippen LogP contribution in [-0.4, -0.2) is 19.9 Å². The Balaban J connectivity index is 2.43. The normalized spacial score (nSPS) is 10.4. The second-order valence-electron chi connectivity index (χ2n) is 2.36. The van der Waals surface area contributed by atoms with E-state index in [9.17, 15) is 0 Å². The fourth-order valence-electron chi connectivity index (χ4n) is 0.884. The number of nitrogen functional groups attached to an aromatic ring is 1. The van der Waals surface area contributed by atoms with Gasteiger partial charge in [0.25, 0.3) is 11.8 Å². The van der Waals surface area contributed by atoms with Crippen molar-refractivity contribution in [2.45, 2.75) is 0 Å². The summed E-state index contributed by atoms with van der Waals surface area (Å²) in [6, 6.07) is 0. The average molecular weight is 165 g/mol. The maximum absolute atomic E-state index is 5.28. The van der Waals surface area contributed by atoms with E-state index < -0.39 is 0 Å². The minimum Gasteiger partial charge on any atom is -0.365 e. The minimum absolute atomic E-state index is 0.133. The van der Waals surface area contributed by atoms with E-state index in [2.05, 4.69) is 15.2 Å². The van der Waals surface area contributed by atoms with Crippen LogP contribution in [0.15, 0.2) is 16.9 Å². The van der Waals surface area contributed by atoms with E-state index >= 15 is 0 Å². The largest absolute Gasteiger partial charge is 0.365 e. The molecule has 0 amide bonds. The van der Waals surface area contributed by atoms with Crippen LogP contribution in [0.25, 0.3) is 11.5 Å². The Morgan fingerprint density at radius 3 is 2.92 bits per heavy atom. The number of aromatic nitrogens is 4. The van der Waals surface area contributed by atoms with Crippen molar-refractivity contribution in [2.24, 2.45) is 7.05 Å². The molecule has 2 N–H and O–H groups in total. The van der Waals surface area contributed by atoms with E-state index in [1.807, 2.05) is 7.05 Å². The van der Waals surface area contributed by atoms with E-state index in [1.54, 1.807) is 17.1 Å². The molecule has 2 heterocycles. The molecule has 0 saturated heterocycles. The molecule has 0 radical (unpaired) electrons. The Hall–Kier alpha value is -1.85. The van der Waals surface area contributed by atoms with Gasteiger partial charge in [-0.2, -0.15) is 10.1 Å². The van der Waals surface area contributed by atoms with Gasteiger partial charge >= 0.3 is 0 Å². The van der Waals surface area contributed by atoms with Crippen LogP contribution in [0.5, 0.6) is 0 Å². The lowest BCUT2D eigenvalue weighted by molar-refractivity contribution is 0.433. The maximum Gasteiger partial charge on any atom is 0.262 e. The molecule has 0 aliphatic rings. The Labute approximate surface area is 68.0 Å². The van der Waals surface area contributed by atoms with Crippen LogP contribution in [-0.2, 0) is 7.05 Å². The molecule has 0 atom stereocenters. The van der Waals surface area contributed by atoms with Crippen LogP contribution in [0.1, 0.15) is 0 Å². The topological polar surface area (TPSA) is 82.8 Å². The summed E-state index contributed by atoms with van der Waals surface area (Å²) >= 11 is 0. The van der Waals surface area contributed by atoms with Gasteiger partial charge in [-0.25, -0.2) is 0 Å². The molecule has 12 heavy (non-hydrogen) atoms. The number of nitrogens with two attached hydrogens (primary N) is 1. The predicted molar refractivity (Wildman–Crippen MR) is 40.9 cm³/mol. The zero-order valence-electron chi connectivity index (χ0n) is 6.43. The van der Waals surface area contributed by atoms with E-state index in [0.29, 0.717) is 5.89 Å². The van der Waals surface area contributed by atoms with Crippen LogP contribution in [0.4, 0.5) is 5.95 Å². The first-order valence-corrected chi connectivity index (χ1v) is 3.34. The average Bonchev–Trinajstić information content (AvgIpc) is 2.58. The van der Waals surface area contributed by atoms with Crippen LogP contribution < -0.4 is 5.73 Å². The third-order valence-corrected chi connectivity index (χ3v) is 1.39. The highest BCUT2D eigenvalue weighted by Crippen LogP contribution is 2.15. The van der Waals surface area contributed by atoms with Gasteiger partial charge in [-0.15, -0.1) is 0 Å². The molecule has 0 saturated carbocycles. The molecule has 6 heteroatoms. The molecule has 6 nitrogen and oxygen atoms in total. The highest BCUT2D eigenvalue weighted by molar-refractivity contribution is 5.50. The van der Waals surface area contributed by atoms with E-state index in [1.165, 1.54) is 0 Å². The van der Waals surface area contributed by atoms with Gasteiger partial charge in [0.1, 0.15) is 0 Å². The quantitative estimate of drug-likeness (QED) is 0.645. The van der Waals surface area contributed by atoms with E-state index in [-0.39, 0.29) is 5.95 Å². The van der Waals surface area contributed by atoms with Crippen molar-refractivity contribution in [3.63, 3.8) is 0 Å². The minimum atomic E-state index is 0.133. The first kappa shape index (κ1) is 6.84. The number of hydrogen-bond acceptors (Lipinski definition) is 5. The van der Waals surface area contributed by atoms with Gasteiger partial charge in [-0.1, -0.05) is 0 Å². The Morgan fingerprint density at radius 1 is 1.58 bits per heavy atom. The number of anilines is 1. The Bertz CT molecular complexity index is 352. The number of rotatable bonds is 1. The molecule has 0 unspecified atom stereocenters. The molecule has 0 fully saturated rings. The summed E-state index contributed by atoms with van der Waals surface area (Å²) in [5, 5.41) is 7.41. The molecule has 0 aliphatic heterocycles. The molecular weight excluding hydrogens is 158 g/mol. The first-order chi connectivity index (χ1) is 5.75. The second kappa shape index (κ2) is 2.33. The summed E-state index contributed by atoms with van der Waals surface area (Å²) < 4.78 is 6.47. The van der Waals surface area contributed by atoms with E-state index in [4.69, 9.17) is 10.3 Å². The van der Waals surface area contributed by atoms with Gasteiger partial charge < -0.3 is 10.3 Å². The molecule has 62 valence electrons. The molecule has 2 aromatic heterocycles. The van der Waals surface area contributed by atoms with Crippen molar-refractivity contribution >= 4 is 5.95 Å². The Kier molecular flexibility index (Phi) is 1.33. The number of hydrogen-bond donors (Lipinski definition) is 1. The van der Waals surface area contributed by atoms with Gasteiger partial charge in [0.2, 0.25) is 0 Å². The van der Waals surface area contributed by atoms with Crippen LogP contribution >= 0.6 is 0 Å². The highest BCUT2D eigenvalue weighted by Gasteiger charge is 2.07. The lowest BCUT2D eigenvalue weighted by Gasteiger charge is -1.82. The van der Waals surface area contributed by atoms with Gasteiger partial charge in [-0.05, 0) is 5.16 Å². The summed E-state index contributed by atoms with van der Waals surface area (Å²) in [6.45, 7) is 0. The maximum atomic E-state index is 5.28. The van der Waals surface area contributed by atoms with Gasteiger partial charge in [0, 0.05) is 13.2 Å². The van der Waals surface area contributed by atoms with Crippen molar-refractivity contribution in [3.05, 3.63) is 12.4 Å². The Morgan fingerprint density at radius 2 is 2.42 bits per heavy atom. The molecule has 0 aliphatic carbocycles. The molecule has 2 aromatic rings. The molecule has 0 bridgehead atoms. The summed E-state index contributed by atoms with van der Waals surface area (Å²) in [5.74, 6) is 0.523. The molecule has 0 spiro atoms. The fourth-order valence-corrected chi connectivity index (χ4v) is 0.884. The van der Waals surface area contributed by atoms with Gasteiger partial charge in [-0.3, -0.25) is 4.68 Å². The highest BCUT2D eigenvalue weighted by atomic mass is 16.5. The molecule has 0 aromatic carbocycles. The van der Waals surface area contributed by atoms with Crippen molar-refractivity contribution in [1.29, 1.82) is 0 Å². The van der Waals surface area contributed by atoms with Crippen LogP contribution in [0.3, 0.4) is 0 Å². The summed E-state index contributed by atoms with van der Waals surface area (Å²) in [6.07, 6.45) is 3.40. The number of nitrogens with zero attached hydrogens (tertiary/aromatic N) is 4. The predicted octanol–water partition coefficient (Wildman–Crippen LogP) is 0.0523. The van der Waals surface area contributed by atoms with Crippen LogP contribution in [0.2, 0.25) is 0 Å². The molecular formula is C6H7N5O. The standard InChI is InChI=1S/C6H7N5O/c1-11-3-4(2-8-11)5-9-6(7)10-12-5/h2-3H,1H3,(H2,7,10). The SMILES string of the molecule is Cn1cc(-c2nc(N)no2)cn1. The van der Waals surface area contributed by atoms with Gasteiger partial charge in [0.15, 0.2) is 0 Å². The number of aryl methyl sites for hydroxylation is 1. The summed E-state index contributed by atoms with van der Waals surface area (Å²) in [5.41, 5.74) is 6.05. The van der Waals surface area contributed by atoms with Crippen molar-refractivity contribution in [2.75, 3.05) is 5.73 Å². The van der Waals surface area contributed by atoms with Crippen molar-refractivity contribution in [3.8, 4) is 11.5 Å². The zero-order valence-corrected chi connectivity index (χ0v) is 6.43. The van der Waals surface area contributed by atoms with Crippen molar-refractivity contribution in [1.82, 2.24) is 19.9 Å².